The molecule has 0 amide bonds. The van der Waals surface area contributed by atoms with Gasteiger partial charge >= 0.3 is 0 Å². The summed E-state index contributed by atoms with van der Waals surface area (Å²) in [6.07, 6.45) is 3.62. The van der Waals surface area contributed by atoms with Gasteiger partial charge in [0.15, 0.2) is 5.78 Å². The van der Waals surface area contributed by atoms with Gasteiger partial charge in [-0.2, -0.15) is 10.2 Å². The number of hydrogen-bond acceptors (Lipinski definition) is 4. The Morgan fingerprint density at radius 1 is 1.53 bits per heavy atom. The Hall–Kier alpha value is -1.47. The van der Waals surface area contributed by atoms with Gasteiger partial charge in [-0.3, -0.25) is 14.2 Å². The number of carbonyl (C=O) groups is 1. The van der Waals surface area contributed by atoms with Gasteiger partial charge in [-0.1, -0.05) is 0 Å². The van der Waals surface area contributed by atoms with Crippen molar-refractivity contribution in [3.63, 3.8) is 0 Å². The monoisotopic (exact) mass is 325 g/mol. The predicted octanol–water partition coefficient (Wildman–Crippen LogP) is 1.04. The maximum Gasteiger partial charge on any atom is 0.160 e. The zero-order valence-electron chi connectivity index (χ0n) is 11.1. The number of hydrogen-bond donors (Lipinski definition) is 1. The first kappa shape index (κ1) is 14.0. The fourth-order valence-electron chi connectivity index (χ4n) is 1.93. The zero-order valence-corrected chi connectivity index (χ0v) is 12.7. The lowest BCUT2D eigenvalue weighted by molar-refractivity contribution is -0.119. The first-order valence-electron chi connectivity index (χ1n) is 5.85. The van der Waals surface area contributed by atoms with E-state index in [-0.39, 0.29) is 12.2 Å². The van der Waals surface area contributed by atoms with Crippen LogP contribution in [0.2, 0.25) is 0 Å². The lowest BCUT2D eigenvalue weighted by Gasteiger charge is -2.09. The molecule has 0 bridgehead atoms. The number of ketones is 1. The molecule has 19 heavy (non-hydrogen) atoms. The molecule has 0 aliphatic carbocycles. The number of aryl methyl sites for hydroxylation is 3. The van der Waals surface area contributed by atoms with Gasteiger partial charge < -0.3 is 5.73 Å². The van der Waals surface area contributed by atoms with Crippen LogP contribution in [-0.2, 0) is 25.3 Å². The van der Waals surface area contributed by atoms with Gasteiger partial charge in [0.05, 0.1) is 34.5 Å². The Morgan fingerprint density at radius 2 is 2.21 bits per heavy atom. The largest absolute Gasteiger partial charge is 0.318 e. The second kappa shape index (κ2) is 5.26. The van der Waals surface area contributed by atoms with Crippen molar-refractivity contribution in [1.29, 1.82) is 0 Å². The Morgan fingerprint density at radius 3 is 2.68 bits per heavy atom. The molecule has 0 aliphatic heterocycles. The molecule has 6 nitrogen and oxygen atoms in total. The van der Waals surface area contributed by atoms with E-state index in [2.05, 4.69) is 26.1 Å². The summed E-state index contributed by atoms with van der Waals surface area (Å²) in [5.74, 6) is -0.0586. The maximum absolute atomic E-state index is 12.2. The van der Waals surface area contributed by atoms with Gasteiger partial charge in [-0.15, -0.1) is 0 Å². The summed E-state index contributed by atoms with van der Waals surface area (Å²) in [6, 6.07) is -0.657. The van der Waals surface area contributed by atoms with E-state index in [0.717, 1.165) is 21.4 Å². The van der Waals surface area contributed by atoms with E-state index in [4.69, 9.17) is 5.73 Å². The Balaban J connectivity index is 2.17. The highest BCUT2D eigenvalue weighted by atomic mass is 79.9. The number of halogens is 1. The molecule has 0 aromatic carbocycles. The first-order valence-corrected chi connectivity index (χ1v) is 6.64. The Bertz CT molecular complexity index is 616. The quantitative estimate of drug-likeness (QED) is 0.910. The van der Waals surface area contributed by atoms with Crippen molar-refractivity contribution in [2.24, 2.45) is 19.8 Å². The van der Waals surface area contributed by atoms with Gasteiger partial charge in [0.25, 0.3) is 0 Å². The normalized spacial score (nSPS) is 12.7. The average Bonchev–Trinajstić information content (AvgIpc) is 2.88. The minimum absolute atomic E-state index is 0.0586. The van der Waals surface area contributed by atoms with Gasteiger partial charge in [0.1, 0.15) is 0 Å². The van der Waals surface area contributed by atoms with E-state index in [0.29, 0.717) is 0 Å². The van der Waals surface area contributed by atoms with Crippen LogP contribution < -0.4 is 5.73 Å². The summed E-state index contributed by atoms with van der Waals surface area (Å²) in [5, 5.41) is 8.28. The molecule has 1 atom stereocenters. The lowest BCUT2D eigenvalue weighted by atomic mass is 10.0. The van der Waals surface area contributed by atoms with Crippen LogP contribution in [0.5, 0.6) is 0 Å². The summed E-state index contributed by atoms with van der Waals surface area (Å²) < 4.78 is 4.20. The number of Topliss-reactive ketones (excluding diaryl/α,β-unsaturated/α-hetero) is 1. The molecule has 0 radical (unpaired) electrons. The van der Waals surface area contributed by atoms with Crippen LogP contribution in [0.25, 0.3) is 0 Å². The van der Waals surface area contributed by atoms with Gasteiger partial charge in [-0.05, 0) is 22.9 Å². The van der Waals surface area contributed by atoms with Crippen molar-refractivity contribution in [2.45, 2.75) is 19.4 Å². The second-order valence-electron chi connectivity index (χ2n) is 4.54. The number of rotatable bonds is 4. The number of nitrogens with zero attached hydrogens (tertiary/aromatic N) is 4. The van der Waals surface area contributed by atoms with Crippen LogP contribution >= 0.6 is 15.9 Å². The first-order chi connectivity index (χ1) is 8.90. The average molecular weight is 326 g/mol. The molecule has 0 spiro atoms. The second-order valence-corrected chi connectivity index (χ2v) is 5.33. The zero-order chi connectivity index (χ0) is 14.2. The fraction of sp³-hybridized carbons (Fsp3) is 0.417. The van der Waals surface area contributed by atoms with Gasteiger partial charge in [0.2, 0.25) is 0 Å². The minimum Gasteiger partial charge on any atom is -0.318 e. The predicted molar refractivity (Wildman–Crippen MR) is 74.5 cm³/mol. The van der Waals surface area contributed by atoms with Crippen molar-refractivity contribution >= 4 is 21.7 Å². The SMILES string of the molecule is Cc1nn(C)c(CC(=O)C(N)c2cnn(C)c2)c1Br. The van der Waals surface area contributed by atoms with Crippen LogP contribution in [0, 0.1) is 6.92 Å². The summed E-state index contributed by atoms with van der Waals surface area (Å²) in [4.78, 5) is 12.2. The molecule has 0 saturated heterocycles. The Labute approximate surface area is 119 Å². The highest BCUT2D eigenvalue weighted by molar-refractivity contribution is 9.10. The Kier molecular flexibility index (Phi) is 3.86. The summed E-state index contributed by atoms with van der Waals surface area (Å²) in [6.45, 7) is 1.89. The van der Waals surface area contributed by atoms with Crippen LogP contribution in [0.4, 0.5) is 0 Å². The van der Waals surface area contributed by atoms with Crippen LogP contribution in [0.1, 0.15) is 23.0 Å². The molecule has 2 heterocycles. The van der Waals surface area contributed by atoms with Crippen LogP contribution in [-0.4, -0.2) is 25.3 Å². The van der Waals surface area contributed by atoms with Crippen molar-refractivity contribution in [3.8, 4) is 0 Å². The van der Waals surface area contributed by atoms with Crippen molar-refractivity contribution in [2.75, 3.05) is 0 Å². The lowest BCUT2D eigenvalue weighted by Crippen LogP contribution is -2.23. The molecule has 2 aromatic rings. The summed E-state index contributed by atoms with van der Waals surface area (Å²) in [7, 11) is 3.61. The van der Waals surface area contributed by atoms with E-state index in [1.807, 2.05) is 14.0 Å². The molecule has 2 aromatic heterocycles. The molecule has 1 unspecified atom stereocenters. The van der Waals surface area contributed by atoms with Crippen molar-refractivity contribution < 1.29 is 4.79 Å². The number of nitrogens with two attached hydrogens (primary N) is 1. The molecule has 102 valence electrons. The summed E-state index contributed by atoms with van der Waals surface area (Å²) in [5.41, 5.74) is 8.38. The highest BCUT2D eigenvalue weighted by Gasteiger charge is 2.21. The van der Waals surface area contributed by atoms with E-state index in [9.17, 15) is 4.79 Å². The maximum atomic E-state index is 12.2. The third kappa shape index (κ3) is 2.76. The van der Waals surface area contributed by atoms with Crippen LogP contribution in [0.15, 0.2) is 16.9 Å². The third-order valence-corrected chi connectivity index (χ3v) is 4.07. The fourth-order valence-corrected chi connectivity index (χ4v) is 2.41. The standard InChI is InChI=1S/C12H16BrN5O/c1-7-11(13)9(18(3)16-7)4-10(19)12(14)8-5-15-17(2)6-8/h5-6,12H,4,14H2,1-3H3. The summed E-state index contributed by atoms with van der Waals surface area (Å²) >= 11 is 3.45. The smallest absolute Gasteiger partial charge is 0.160 e. The molecule has 0 saturated carbocycles. The molecule has 2 rings (SSSR count). The number of carbonyl (C=O) groups excluding carboxylic acids is 1. The van der Waals surface area contributed by atoms with E-state index < -0.39 is 6.04 Å². The van der Waals surface area contributed by atoms with E-state index in [1.54, 1.807) is 28.8 Å². The molecule has 0 aliphatic rings. The van der Waals surface area contributed by atoms with Crippen molar-refractivity contribution in [1.82, 2.24) is 19.6 Å². The molecule has 0 fully saturated rings. The van der Waals surface area contributed by atoms with Crippen LogP contribution in [0.3, 0.4) is 0 Å². The highest BCUT2D eigenvalue weighted by Crippen LogP contribution is 2.22. The molecule has 7 heteroatoms. The van der Waals surface area contributed by atoms with Crippen molar-refractivity contribution in [3.05, 3.63) is 33.8 Å². The van der Waals surface area contributed by atoms with E-state index in [1.165, 1.54) is 0 Å². The van der Waals surface area contributed by atoms with Gasteiger partial charge in [0, 0.05) is 25.9 Å². The number of aromatic nitrogens is 4. The van der Waals surface area contributed by atoms with E-state index >= 15 is 0 Å². The molecular formula is C12H16BrN5O. The molecular weight excluding hydrogens is 310 g/mol. The minimum atomic E-state index is -0.657. The molecule has 2 N–H and O–H groups in total. The topological polar surface area (TPSA) is 78.7 Å². The third-order valence-electron chi connectivity index (χ3n) is 3.03. The van der Waals surface area contributed by atoms with Gasteiger partial charge in [-0.25, -0.2) is 0 Å².